The lowest BCUT2D eigenvalue weighted by Crippen LogP contribution is -2.32. The van der Waals surface area contributed by atoms with Crippen molar-refractivity contribution in [2.24, 2.45) is 0 Å². The summed E-state index contributed by atoms with van der Waals surface area (Å²) in [6, 6.07) is 60.2. The largest absolute Gasteiger partial charge is 0.456 e. The van der Waals surface area contributed by atoms with Gasteiger partial charge in [0.25, 0.3) is 0 Å². The number of nitriles is 1. The van der Waals surface area contributed by atoms with Crippen LogP contribution in [-0.2, 0) is 5.41 Å². The van der Waals surface area contributed by atoms with E-state index >= 15 is 0 Å². The minimum absolute atomic E-state index is 0.541. The molecule has 0 amide bonds. The maximum absolute atomic E-state index is 10.2. The predicted molar refractivity (Wildman–Crippen MR) is 210 cm³/mol. The third-order valence-electron chi connectivity index (χ3n) is 10.5. The summed E-state index contributed by atoms with van der Waals surface area (Å²) in [5, 5.41) is 10.2. The molecule has 0 radical (unpaired) electrons. The molecule has 0 saturated heterocycles. The van der Waals surface area contributed by atoms with Gasteiger partial charge in [-0.1, -0.05) is 140 Å². The molecule has 5 heteroatoms. The van der Waals surface area contributed by atoms with Crippen LogP contribution in [0.25, 0.3) is 56.2 Å². The monoisotopic (exact) mass is 678 g/mol. The molecule has 1 aliphatic heterocycles. The average Bonchev–Trinajstić information content (AvgIpc) is 3.52. The predicted octanol–water partition coefficient (Wildman–Crippen LogP) is 11.1. The third-order valence-corrected chi connectivity index (χ3v) is 10.5. The molecule has 1 aromatic heterocycles. The van der Waals surface area contributed by atoms with Crippen LogP contribution >= 0.6 is 0 Å². The molecular formula is C48H30N4O. The van der Waals surface area contributed by atoms with Gasteiger partial charge in [-0.2, -0.15) is 5.26 Å². The molecule has 5 nitrogen and oxygen atoms in total. The van der Waals surface area contributed by atoms with Gasteiger partial charge in [-0.05, 0) is 58.1 Å². The van der Waals surface area contributed by atoms with E-state index in [0.29, 0.717) is 17.1 Å². The first-order valence-corrected chi connectivity index (χ1v) is 17.6. The molecule has 0 saturated carbocycles. The molecule has 1 unspecified atom stereocenters. The number of ether oxygens (including phenoxy) is 1. The van der Waals surface area contributed by atoms with Gasteiger partial charge in [0.2, 0.25) is 0 Å². The van der Waals surface area contributed by atoms with Gasteiger partial charge in [0.05, 0.1) is 28.4 Å². The lowest BCUT2D eigenvalue weighted by atomic mass is 9.65. The Bertz CT molecular complexity index is 2730. The van der Waals surface area contributed by atoms with Gasteiger partial charge in [0.15, 0.2) is 5.82 Å². The summed E-state index contributed by atoms with van der Waals surface area (Å²) < 4.78 is 7.02. The Morgan fingerprint density at radius 2 is 1.13 bits per heavy atom. The first kappa shape index (κ1) is 30.5. The maximum atomic E-state index is 10.2. The van der Waals surface area contributed by atoms with Crippen molar-refractivity contribution in [1.29, 1.82) is 5.26 Å². The third kappa shape index (κ3) is 4.56. The van der Waals surface area contributed by atoms with E-state index < -0.39 is 5.41 Å². The second kappa shape index (κ2) is 11.9. The molecule has 2 N–H and O–H groups in total. The minimum atomic E-state index is -0.722. The lowest BCUT2D eigenvalue weighted by Gasteiger charge is -2.40. The number of aromatic nitrogens is 2. The first-order valence-electron chi connectivity index (χ1n) is 17.6. The normalized spacial score (nSPS) is 14.7. The number of para-hydroxylation sites is 2. The van der Waals surface area contributed by atoms with Crippen LogP contribution < -0.4 is 10.5 Å². The molecule has 1 spiro atoms. The Hall–Kier alpha value is -7.29. The van der Waals surface area contributed by atoms with Gasteiger partial charge in [-0.3, -0.25) is 0 Å². The van der Waals surface area contributed by atoms with E-state index in [0.717, 1.165) is 84.1 Å². The summed E-state index contributed by atoms with van der Waals surface area (Å²) in [4.78, 5) is 10.3. The van der Waals surface area contributed by atoms with Gasteiger partial charge >= 0.3 is 0 Å². The van der Waals surface area contributed by atoms with E-state index in [1.807, 2.05) is 66.7 Å². The van der Waals surface area contributed by atoms with Crippen molar-refractivity contribution in [3.05, 3.63) is 198 Å². The van der Waals surface area contributed by atoms with E-state index in [1.54, 1.807) is 6.07 Å². The van der Waals surface area contributed by atoms with Crippen LogP contribution in [-0.4, -0.2) is 9.97 Å². The number of hydrogen-bond acceptors (Lipinski definition) is 5. The summed E-state index contributed by atoms with van der Waals surface area (Å²) in [6.07, 6.45) is 0. The number of nitrogens with zero attached hydrogens (tertiary/aromatic N) is 3. The van der Waals surface area contributed by atoms with E-state index in [2.05, 4.69) is 103 Å². The number of fused-ring (bicyclic) bond motifs is 9. The molecule has 0 fully saturated rings. The highest BCUT2D eigenvalue weighted by Gasteiger charge is 2.52. The zero-order valence-electron chi connectivity index (χ0n) is 28.5. The second-order valence-corrected chi connectivity index (χ2v) is 13.4. The molecular weight excluding hydrogens is 649 g/mol. The Morgan fingerprint density at radius 1 is 0.509 bits per heavy atom. The molecule has 8 aromatic rings. The number of rotatable bonds is 4. The topological polar surface area (TPSA) is 84.8 Å². The number of benzene rings is 7. The van der Waals surface area contributed by atoms with Crippen molar-refractivity contribution in [2.45, 2.75) is 5.41 Å². The van der Waals surface area contributed by atoms with Crippen LogP contribution in [0.5, 0.6) is 11.5 Å². The Balaban J connectivity index is 1.28. The zero-order valence-corrected chi connectivity index (χ0v) is 28.5. The Kier molecular flexibility index (Phi) is 6.86. The Labute approximate surface area is 307 Å². The standard InChI is InChI=1S/C48H30N4O/c49-29-32-27-33(50)25-26-34(32)35-18-11-22-40-45(35)36-17-7-8-20-38(36)48(40)39-21-9-10-24-44(39)53-46-37(19-12-23-41(46)48)43-28-42(30-13-3-1-4-14-30)51-47(52-43)31-15-5-2-6-16-31/h1-28H,50H2. The van der Waals surface area contributed by atoms with Crippen LogP contribution in [0.4, 0.5) is 5.69 Å². The fraction of sp³-hybridized carbons (Fsp3) is 0.0208. The fourth-order valence-corrected chi connectivity index (χ4v) is 8.35. The molecule has 2 aliphatic rings. The Morgan fingerprint density at radius 3 is 1.92 bits per heavy atom. The maximum Gasteiger partial charge on any atom is 0.160 e. The van der Waals surface area contributed by atoms with Crippen molar-refractivity contribution in [3.63, 3.8) is 0 Å². The molecule has 2 heterocycles. The van der Waals surface area contributed by atoms with Crippen LogP contribution in [0.1, 0.15) is 27.8 Å². The summed E-state index contributed by atoms with van der Waals surface area (Å²) in [5.74, 6) is 2.18. The molecule has 0 bridgehead atoms. The van der Waals surface area contributed by atoms with E-state index in [-0.39, 0.29) is 0 Å². The van der Waals surface area contributed by atoms with Crippen molar-refractivity contribution in [2.75, 3.05) is 5.73 Å². The number of nitrogens with two attached hydrogens (primary N) is 1. The van der Waals surface area contributed by atoms with Crippen molar-refractivity contribution in [1.82, 2.24) is 9.97 Å². The number of hydrogen-bond donors (Lipinski definition) is 1. The van der Waals surface area contributed by atoms with Crippen molar-refractivity contribution < 1.29 is 4.74 Å². The number of anilines is 1. The zero-order chi connectivity index (χ0) is 35.5. The van der Waals surface area contributed by atoms with Crippen LogP contribution in [0, 0.1) is 11.3 Å². The van der Waals surface area contributed by atoms with Crippen LogP contribution in [0.15, 0.2) is 170 Å². The molecule has 1 aliphatic carbocycles. The quantitative estimate of drug-likeness (QED) is 0.187. The van der Waals surface area contributed by atoms with E-state index in [1.165, 1.54) is 0 Å². The average molecular weight is 679 g/mol. The highest BCUT2D eigenvalue weighted by Crippen LogP contribution is 2.64. The van der Waals surface area contributed by atoms with Gasteiger partial charge < -0.3 is 10.5 Å². The smallest absolute Gasteiger partial charge is 0.160 e. The molecule has 53 heavy (non-hydrogen) atoms. The SMILES string of the molecule is N#Cc1cc(N)ccc1-c1cccc2c1-c1ccccc1C21c2ccccc2Oc2c(-c3cc(-c4ccccc4)nc(-c4ccccc4)n3)cccc21. The van der Waals surface area contributed by atoms with Crippen LogP contribution in [0.2, 0.25) is 0 Å². The summed E-state index contributed by atoms with van der Waals surface area (Å²) >= 11 is 0. The van der Waals surface area contributed by atoms with E-state index in [4.69, 9.17) is 20.4 Å². The second-order valence-electron chi connectivity index (χ2n) is 13.4. The molecule has 10 rings (SSSR count). The molecule has 1 atom stereocenters. The lowest BCUT2D eigenvalue weighted by molar-refractivity contribution is 0.438. The highest BCUT2D eigenvalue weighted by molar-refractivity contribution is 5.98. The van der Waals surface area contributed by atoms with Gasteiger partial charge in [-0.15, -0.1) is 0 Å². The van der Waals surface area contributed by atoms with Crippen molar-refractivity contribution >= 4 is 5.69 Å². The summed E-state index contributed by atoms with van der Waals surface area (Å²) in [5.41, 5.74) is 19.4. The van der Waals surface area contributed by atoms with Crippen LogP contribution in [0.3, 0.4) is 0 Å². The summed E-state index contributed by atoms with van der Waals surface area (Å²) in [6.45, 7) is 0. The molecule has 7 aromatic carbocycles. The van der Waals surface area contributed by atoms with Gasteiger partial charge in [0, 0.05) is 39.1 Å². The molecule has 248 valence electrons. The number of nitrogen functional groups attached to an aromatic ring is 1. The summed E-state index contributed by atoms with van der Waals surface area (Å²) in [7, 11) is 0. The minimum Gasteiger partial charge on any atom is -0.456 e. The first-order chi connectivity index (χ1) is 26.1. The van der Waals surface area contributed by atoms with Crippen molar-refractivity contribution in [3.8, 4) is 73.7 Å². The van der Waals surface area contributed by atoms with Gasteiger partial charge in [0.1, 0.15) is 11.5 Å². The highest BCUT2D eigenvalue weighted by atomic mass is 16.5. The van der Waals surface area contributed by atoms with E-state index in [9.17, 15) is 5.26 Å². The fourth-order valence-electron chi connectivity index (χ4n) is 8.35. The van der Waals surface area contributed by atoms with Gasteiger partial charge in [-0.25, -0.2) is 9.97 Å².